The van der Waals surface area contributed by atoms with E-state index in [0.29, 0.717) is 0 Å². The van der Waals surface area contributed by atoms with Crippen LogP contribution >= 0.6 is 11.3 Å². The fraction of sp³-hybridized carbons (Fsp3) is 0.333. The van der Waals surface area contributed by atoms with Crippen LogP contribution in [0, 0.1) is 10.1 Å². The molecule has 0 saturated heterocycles. The minimum absolute atomic E-state index is 0.120. The number of aromatic nitrogens is 1. The molecule has 1 unspecified atom stereocenters. The third kappa shape index (κ3) is 2.47. The van der Waals surface area contributed by atoms with E-state index < -0.39 is 16.9 Å². The van der Waals surface area contributed by atoms with E-state index in [1.807, 2.05) is 0 Å². The van der Waals surface area contributed by atoms with E-state index in [1.165, 1.54) is 6.92 Å². The number of nitrogens with one attached hydrogen (secondary N) is 1. The molecule has 0 bridgehead atoms. The Hall–Kier alpha value is -1.54. The van der Waals surface area contributed by atoms with E-state index in [9.17, 15) is 14.9 Å². The Morgan fingerprint density at radius 1 is 1.86 bits per heavy atom. The summed E-state index contributed by atoms with van der Waals surface area (Å²) in [5, 5.41) is 12.7. The quantitative estimate of drug-likeness (QED) is 0.558. The summed E-state index contributed by atoms with van der Waals surface area (Å²) in [5.41, 5.74) is 5.28. The highest BCUT2D eigenvalue weighted by molar-refractivity contribution is 7.18. The van der Waals surface area contributed by atoms with Gasteiger partial charge in [0.15, 0.2) is 5.13 Å². The first-order valence-electron chi connectivity index (χ1n) is 3.67. The number of thiazole rings is 1. The Labute approximate surface area is 83.1 Å². The molecule has 1 heterocycles. The van der Waals surface area contributed by atoms with Gasteiger partial charge in [0, 0.05) is 0 Å². The van der Waals surface area contributed by atoms with Crippen molar-refractivity contribution in [1.29, 1.82) is 0 Å². The zero-order valence-electron chi connectivity index (χ0n) is 7.26. The predicted molar refractivity (Wildman–Crippen MR) is 51.0 cm³/mol. The van der Waals surface area contributed by atoms with Crippen LogP contribution in [0.25, 0.3) is 0 Å². The lowest BCUT2D eigenvalue weighted by atomic mass is 10.3. The van der Waals surface area contributed by atoms with Gasteiger partial charge in [0.25, 0.3) is 0 Å². The normalized spacial score (nSPS) is 12.1. The number of nitrogens with zero attached hydrogens (tertiary/aromatic N) is 2. The molecule has 0 aliphatic heterocycles. The lowest BCUT2D eigenvalue weighted by molar-refractivity contribution is -0.380. The zero-order chi connectivity index (χ0) is 10.7. The number of amides is 1. The molecule has 0 radical (unpaired) electrons. The maximum Gasteiger partial charge on any atom is 0.345 e. The van der Waals surface area contributed by atoms with Crippen LogP contribution in [0.15, 0.2) is 6.20 Å². The van der Waals surface area contributed by atoms with E-state index in [0.717, 1.165) is 17.5 Å². The van der Waals surface area contributed by atoms with Gasteiger partial charge in [-0.15, -0.1) is 0 Å². The van der Waals surface area contributed by atoms with Crippen molar-refractivity contribution >= 4 is 27.4 Å². The van der Waals surface area contributed by atoms with Crippen molar-refractivity contribution in [3.05, 3.63) is 16.3 Å². The van der Waals surface area contributed by atoms with Crippen LogP contribution in [0.5, 0.6) is 0 Å². The summed E-state index contributed by atoms with van der Waals surface area (Å²) < 4.78 is 0. The molecule has 1 rings (SSSR count). The number of hydrogen-bond acceptors (Lipinski definition) is 6. The minimum Gasteiger partial charge on any atom is -0.320 e. The first kappa shape index (κ1) is 10.5. The molecule has 1 amide bonds. The van der Waals surface area contributed by atoms with Crippen molar-refractivity contribution < 1.29 is 9.72 Å². The van der Waals surface area contributed by atoms with Gasteiger partial charge in [-0.05, 0) is 18.3 Å². The van der Waals surface area contributed by atoms with Gasteiger partial charge < -0.3 is 11.1 Å². The molecule has 0 spiro atoms. The van der Waals surface area contributed by atoms with Gasteiger partial charge in [-0.3, -0.25) is 14.9 Å². The van der Waals surface area contributed by atoms with Crippen molar-refractivity contribution in [1.82, 2.24) is 4.98 Å². The second-order valence-corrected chi connectivity index (χ2v) is 3.55. The highest BCUT2D eigenvalue weighted by Gasteiger charge is 2.14. The van der Waals surface area contributed by atoms with Crippen LogP contribution in [-0.4, -0.2) is 21.9 Å². The lowest BCUT2D eigenvalue weighted by Gasteiger charge is -2.02. The van der Waals surface area contributed by atoms with Crippen LogP contribution in [0.2, 0.25) is 0 Å². The Bertz CT molecular complexity index is 362. The van der Waals surface area contributed by atoms with Crippen LogP contribution in [0.1, 0.15) is 6.92 Å². The molecule has 1 atom stereocenters. The molecule has 3 N–H and O–H groups in total. The van der Waals surface area contributed by atoms with Gasteiger partial charge in [0.1, 0.15) is 6.20 Å². The Morgan fingerprint density at radius 2 is 2.50 bits per heavy atom. The van der Waals surface area contributed by atoms with Gasteiger partial charge in [-0.25, -0.2) is 4.98 Å². The summed E-state index contributed by atoms with van der Waals surface area (Å²) in [6.07, 6.45) is 1.08. The summed E-state index contributed by atoms with van der Waals surface area (Å²) in [6.45, 7) is 1.51. The molecule has 7 nitrogen and oxygen atoms in total. The summed E-state index contributed by atoms with van der Waals surface area (Å²) in [7, 11) is 0. The van der Waals surface area contributed by atoms with Crippen LogP contribution in [0.3, 0.4) is 0 Å². The van der Waals surface area contributed by atoms with Gasteiger partial charge in [0.05, 0.1) is 11.0 Å². The summed E-state index contributed by atoms with van der Waals surface area (Å²) >= 11 is 0.789. The van der Waals surface area contributed by atoms with Crippen molar-refractivity contribution in [3.63, 3.8) is 0 Å². The number of nitro groups is 1. The minimum atomic E-state index is -0.669. The Morgan fingerprint density at radius 3 is 2.93 bits per heavy atom. The Kier molecular flexibility index (Phi) is 3.10. The highest BCUT2D eigenvalue weighted by Crippen LogP contribution is 2.24. The molecule has 1 aromatic rings. The average Bonchev–Trinajstić information content (AvgIpc) is 2.52. The summed E-state index contributed by atoms with van der Waals surface area (Å²) in [6, 6.07) is -0.669. The van der Waals surface area contributed by atoms with Gasteiger partial charge in [-0.2, -0.15) is 0 Å². The van der Waals surface area contributed by atoms with Crippen LogP contribution in [-0.2, 0) is 4.79 Å². The third-order valence-electron chi connectivity index (χ3n) is 1.32. The van der Waals surface area contributed by atoms with E-state index in [1.54, 1.807) is 0 Å². The van der Waals surface area contributed by atoms with Gasteiger partial charge in [0.2, 0.25) is 5.91 Å². The molecule has 76 valence electrons. The Balaban J connectivity index is 2.69. The average molecular weight is 216 g/mol. The highest BCUT2D eigenvalue weighted by atomic mass is 32.1. The first-order chi connectivity index (χ1) is 6.50. The number of anilines is 1. The lowest BCUT2D eigenvalue weighted by Crippen LogP contribution is -2.32. The maximum atomic E-state index is 11.1. The second-order valence-electron chi connectivity index (χ2n) is 2.54. The van der Waals surface area contributed by atoms with Crippen molar-refractivity contribution in [2.75, 3.05) is 5.32 Å². The van der Waals surface area contributed by atoms with E-state index in [-0.39, 0.29) is 10.1 Å². The van der Waals surface area contributed by atoms with E-state index in [4.69, 9.17) is 5.73 Å². The number of nitrogens with two attached hydrogens (primary N) is 1. The first-order valence-corrected chi connectivity index (χ1v) is 4.49. The van der Waals surface area contributed by atoms with Gasteiger partial charge >= 0.3 is 5.00 Å². The standard InChI is InChI=1S/C6H8N4O3S/c1-3(7)5(11)9-6-8-2-4(14-6)10(12)13/h2-3H,7H2,1H3,(H,8,9,11). The van der Waals surface area contributed by atoms with Crippen LogP contribution < -0.4 is 11.1 Å². The van der Waals surface area contributed by atoms with Crippen LogP contribution in [0.4, 0.5) is 10.1 Å². The van der Waals surface area contributed by atoms with E-state index in [2.05, 4.69) is 10.3 Å². The van der Waals surface area contributed by atoms with Crippen molar-refractivity contribution in [3.8, 4) is 0 Å². The van der Waals surface area contributed by atoms with Crippen molar-refractivity contribution in [2.24, 2.45) is 5.73 Å². The zero-order valence-corrected chi connectivity index (χ0v) is 8.08. The van der Waals surface area contributed by atoms with E-state index >= 15 is 0 Å². The molecular weight excluding hydrogens is 208 g/mol. The topological polar surface area (TPSA) is 111 Å². The molecule has 0 aromatic carbocycles. The second kappa shape index (κ2) is 4.11. The fourth-order valence-electron chi connectivity index (χ4n) is 0.627. The number of carbonyl (C=O) groups excluding carboxylic acids is 1. The predicted octanol–water partition coefficient (Wildman–Crippen LogP) is 0.337. The number of carbonyl (C=O) groups is 1. The summed E-state index contributed by atoms with van der Waals surface area (Å²) in [4.78, 5) is 24.4. The van der Waals surface area contributed by atoms with Crippen molar-refractivity contribution in [2.45, 2.75) is 13.0 Å². The largest absolute Gasteiger partial charge is 0.345 e. The summed E-state index contributed by atoms with van der Waals surface area (Å²) in [5.74, 6) is -0.422. The smallest absolute Gasteiger partial charge is 0.320 e. The molecule has 0 fully saturated rings. The number of hydrogen-bond donors (Lipinski definition) is 2. The maximum absolute atomic E-state index is 11.1. The molecule has 8 heteroatoms. The monoisotopic (exact) mass is 216 g/mol. The number of rotatable bonds is 3. The molecule has 0 saturated carbocycles. The molecule has 0 aliphatic carbocycles. The third-order valence-corrected chi connectivity index (χ3v) is 2.18. The molecule has 14 heavy (non-hydrogen) atoms. The molecule has 0 aliphatic rings. The molecular formula is C6H8N4O3S. The SMILES string of the molecule is CC(N)C(=O)Nc1ncc([N+](=O)[O-])s1. The van der Waals surface area contributed by atoms with Gasteiger partial charge in [-0.1, -0.05) is 0 Å². The molecule has 1 aromatic heterocycles. The fourth-order valence-corrected chi connectivity index (χ4v) is 1.26.